The van der Waals surface area contributed by atoms with Crippen LogP contribution in [0.2, 0.25) is 0 Å². The molecule has 2 N–H and O–H groups in total. The van der Waals surface area contributed by atoms with Gasteiger partial charge in [0.2, 0.25) is 15.9 Å². The van der Waals surface area contributed by atoms with Gasteiger partial charge in [-0.25, -0.2) is 8.42 Å². The standard InChI is InChI=1S/C18H19N3O4S/c1-26(24,25)20-15-9-5-8-14(10-15)19-16-11-17(22)21(18(16)23)12-13-6-3-2-4-7-13/h2-10,16,19-20H,11-12H2,1H3/t16-/m1/s1. The van der Waals surface area contributed by atoms with Crippen LogP contribution in [-0.2, 0) is 26.2 Å². The molecule has 3 rings (SSSR count). The zero-order valence-corrected chi connectivity index (χ0v) is 15.0. The molecular formula is C18H19N3O4S. The Morgan fingerprint density at radius 2 is 1.73 bits per heavy atom. The first-order chi connectivity index (χ1) is 12.3. The number of rotatable bonds is 6. The maximum absolute atomic E-state index is 12.6. The lowest BCUT2D eigenvalue weighted by atomic mass is 10.2. The van der Waals surface area contributed by atoms with Crippen LogP contribution in [0.4, 0.5) is 11.4 Å². The highest BCUT2D eigenvalue weighted by Crippen LogP contribution is 2.22. The van der Waals surface area contributed by atoms with Crippen molar-refractivity contribution >= 4 is 33.2 Å². The van der Waals surface area contributed by atoms with Crippen molar-refractivity contribution in [2.75, 3.05) is 16.3 Å². The number of nitrogens with zero attached hydrogens (tertiary/aromatic N) is 1. The van der Waals surface area contributed by atoms with Crippen molar-refractivity contribution in [2.24, 2.45) is 0 Å². The molecule has 2 aromatic carbocycles. The van der Waals surface area contributed by atoms with Gasteiger partial charge in [-0.05, 0) is 23.8 Å². The Balaban J connectivity index is 1.70. The van der Waals surface area contributed by atoms with Crippen LogP contribution in [0.3, 0.4) is 0 Å². The van der Waals surface area contributed by atoms with Crippen molar-refractivity contribution in [3.05, 3.63) is 60.2 Å². The molecule has 0 bridgehead atoms. The zero-order valence-electron chi connectivity index (χ0n) is 14.2. The molecule has 1 saturated heterocycles. The minimum absolute atomic E-state index is 0.0649. The van der Waals surface area contributed by atoms with Gasteiger partial charge >= 0.3 is 0 Å². The van der Waals surface area contributed by atoms with Crippen molar-refractivity contribution in [2.45, 2.75) is 19.0 Å². The monoisotopic (exact) mass is 373 g/mol. The molecule has 0 unspecified atom stereocenters. The molecule has 136 valence electrons. The summed E-state index contributed by atoms with van der Waals surface area (Å²) in [7, 11) is -3.39. The Hall–Kier alpha value is -2.87. The number of hydrogen-bond donors (Lipinski definition) is 2. The van der Waals surface area contributed by atoms with E-state index in [1.165, 1.54) is 4.90 Å². The van der Waals surface area contributed by atoms with Crippen molar-refractivity contribution in [3.8, 4) is 0 Å². The molecule has 1 atom stereocenters. The van der Waals surface area contributed by atoms with Crippen LogP contribution >= 0.6 is 0 Å². The molecule has 0 aliphatic carbocycles. The molecule has 1 aliphatic rings. The molecule has 1 aliphatic heterocycles. The van der Waals surface area contributed by atoms with Gasteiger partial charge in [0.05, 0.1) is 24.9 Å². The van der Waals surface area contributed by atoms with Crippen LogP contribution in [0.5, 0.6) is 0 Å². The molecule has 0 radical (unpaired) electrons. The smallest absolute Gasteiger partial charge is 0.252 e. The van der Waals surface area contributed by atoms with E-state index in [0.29, 0.717) is 11.4 Å². The first-order valence-electron chi connectivity index (χ1n) is 8.04. The van der Waals surface area contributed by atoms with E-state index in [2.05, 4.69) is 10.0 Å². The van der Waals surface area contributed by atoms with Gasteiger partial charge in [0, 0.05) is 5.69 Å². The first-order valence-corrected chi connectivity index (χ1v) is 9.93. The first kappa shape index (κ1) is 17.9. The molecule has 0 saturated carbocycles. The maximum Gasteiger partial charge on any atom is 0.252 e. The molecule has 1 fully saturated rings. The number of imide groups is 1. The number of carbonyl (C=O) groups excluding carboxylic acids is 2. The fourth-order valence-corrected chi connectivity index (χ4v) is 3.37. The fraction of sp³-hybridized carbons (Fsp3) is 0.222. The normalized spacial score (nSPS) is 17.4. The van der Waals surface area contributed by atoms with Gasteiger partial charge in [0.15, 0.2) is 0 Å². The quantitative estimate of drug-likeness (QED) is 0.753. The van der Waals surface area contributed by atoms with Crippen LogP contribution in [0.25, 0.3) is 0 Å². The van der Waals surface area contributed by atoms with Gasteiger partial charge in [-0.3, -0.25) is 19.2 Å². The third-order valence-electron chi connectivity index (χ3n) is 3.93. The highest BCUT2D eigenvalue weighted by atomic mass is 32.2. The van der Waals surface area contributed by atoms with Crippen LogP contribution in [0.1, 0.15) is 12.0 Å². The summed E-state index contributed by atoms with van der Waals surface area (Å²) in [6.45, 7) is 0.242. The summed E-state index contributed by atoms with van der Waals surface area (Å²) >= 11 is 0. The predicted octanol–water partition coefficient (Wildman–Crippen LogP) is 1.80. The minimum atomic E-state index is -3.39. The number of nitrogens with one attached hydrogen (secondary N) is 2. The average molecular weight is 373 g/mol. The minimum Gasteiger partial charge on any atom is -0.373 e. The van der Waals surface area contributed by atoms with Crippen LogP contribution in [0.15, 0.2) is 54.6 Å². The molecular weight excluding hydrogens is 354 g/mol. The Kier molecular flexibility index (Phi) is 4.94. The number of likely N-dealkylation sites (tertiary alicyclic amines) is 1. The molecule has 26 heavy (non-hydrogen) atoms. The van der Waals surface area contributed by atoms with E-state index < -0.39 is 16.1 Å². The number of sulfonamides is 1. The Morgan fingerprint density at radius 1 is 1.04 bits per heavy atom. The summed E-state index contributed by atoms with van der Waals surface area (Å²) in [4.78, 5) is 26.0. The molecule has 7 nitrogen and oxygen atoms in total. The Bertz CT molecular complexity index is 928. The number of amides is 2. The van der Waals surface area contributed by atoms with Crippen LogP contribution in [0, 0.1) is 0 Å². The number of hydrogen-bond acceptors (Lipinski definition) is 5. The van der Waals surface area contributed by atoms with E-state index in [0.717, 1.165) is 11.8 Å². The van der Waals surface area contributed by atoms with Gasteiger partial charge in [-0.2, -0.15) is 0 Å². The summed E-state index contributed by atoms with van der Waals surface area (Å²) in [5, 5.41) is 3.02. The van der Waals surface area contributed by atoms with Gasteiger partial charge < -0.3 is 5.32 Å². The third-order valence-corrected chi connectivity index (χ3v) is 4.54. The number of carbonyl (C=O) groups is 2. The van der Waals surface area contributed by atoms with Gasteiger partial charge in [0.25, 0.3) is 5.91 Å². The average Bonchev–Trinajstić information content (AvgIpc) is 2.82. The lowest BCUT2D eigenvalue weighted by molar-refractivity contribution is -0.139. The van der Waals surface area contributed by atoms with Crippen molar-refractivity contribution in [1.82, 2.24) is 4.90 Å². The molecule has 1 heterocycles. The maximum atomic E-state index is 12.6. The van der Waals surface area contributed by atoms with E-state index in [9.17, 15) is 18.0 Å². The third kappa shape index (κ3) is 4.40. The highest BCUT2D eigenvalue weighted by Gasteiger charge is 2.38. The van der Waals surface area contributed by atoms with Gasteiger partial charge in [-0.1, -0.05) is 36.4 Å². The SMILES string of the molecule is CS(=O)(=O)Nc1cccc(N[C@@H]2CC(=O)N(Cc3ccccc3)C2=O)c1. The second-order valence-electron chi connectivity index (χ2n) is 6.16. The second kappa shape index (κ2) is 7.17. The molecule has 2 aromatic rings. The highest BCUT2D eigenvalue weighted by molar-refractivity contribution is 7.92. The lowest BCUT2D eigenvalue weighted by Crippen LogP contribution is -2.34. The fourth-order valence-electron chi connectivity index (χ4n) is 2.82. The summed E-state index contributed by atoms with van der Waals surface area (Å²) in [5.41, 5.74) is 1.83. The van der Waals surface area contributed by atoms with Gasteiger partial charge in [-0.15, -0.1) is 0 Å². The molecule has 0 spiro atoms. The van der Waals surface area contributed by atoms with Crippen molar-refractivity contribution in [1.29, 1.82) is 0 Å². The summed E-state index contributed by atoms with van der Waals surface area (Å²) in [6.07, 6.45) is 1.13. The molecule has 8 heteroatoms. The number of anilines is 2. The Morgan fingerprint density at radius 3 is 2.42 bits per heavy atom. The molecule has 0 aromatic heterocycles. The predicted molar refractivity (Wildman–Crippen MR) is 98.9 cm³/mol. The van der Waals surface area contributed by atoms with E-state index in [1.54, 1.807) is 24.3 Å². The Labute approximate surface area is 152 Å². The summed E-state index contributed by atoms with van der Waals surface area (Å²) < 4.78 is 25.0. The van der Waals surface area contributed by atoms with E-state index >= 15 is 0 Å². The van der Waals surface area contributed by atoms with Gasteiger partial charge in [0.1, 0.15) is 6.04 Å². The summed E-state index contributed by atoms with van der Waals surface area (Å²) in [5.74, 6) is -0.526. The zero-order chi connectivity index (χ0) is 18.7. The van der Waals surface area contributed by atoms with Crippen LogP contribution in [-0.4, -0.2) is 37.4 Å². The van der Waals surface area contributed by atoms with Crippen molar-refractivity contribution in [3.63, 3.8) is 0 Å². The van der Waals surface area contributed by atoms with E-state index in [-0.39, 0.29) is 24.8 Å². The second-order valence-corrected chi connectivity index (χ2v) is 7.91. The topological polar surface area (TPSA) is 95.6 Å². The van der Waals surface area contributed by atoms with Crippen LogP contribution < -0.4 is 10.0 Å². The van der Waals surface area contributed by atoms with Crippen molar-refractivity contribution < 1.29 is 18.0 Å². The summed E-state index contributed by atoms with van der Waals surface area (Å²) in [6, 6.07) is 15.2. The largest absolute Gasteiger partial charge is 0.373 e. The van der Waals surface area contributed by atoms with E-state index in [4.69, 9.17) is 0 Å². The number of benzene rings is 2. The molecule has 2 amide bonds. The lowest BCUT2D eigenvalue weighted by Gasteiger charge is -2.16. The van der Waals surface area contributed by atoms with E-state index in [1.807, 2.05) is 30.3 Å².